The predicted octanol–water partition coefficient (Wildman–Crippen LogP) is 3.80. The Morgan fingerprint density at radius 1 is 1.03 bits per heavy atom. The number of furan rings is 1. The zero-order chi connectivity index (χ0) is 23.3. The Labute approximate surface area is 191 Å². The van der Waals surface area contributed by atoms with E-state index in [1.54, 1.807) is 50.2 Å². The van der Waals surface area contributed by atoms with Gasteiger partial charge in [-0.05, 0) is 61.9 Å². The van der Waals surface area contributed by atoms with Crippen LogP contribution in [0, 0.1) is 0 Å². The minimum atomic E-state index is -3.77. The van der Waals surface area contributed by atoms with Crippen molar-refractivity contribution >= 4 is 39.1 Å². The van der Waals surface area contributed by atoms with Gasteiger partial charge in [0.2, 0.25) is 10.0 Å². The summed E-state index contributed by atoms with van der Waals surface area (Å²) in [6.07, 6.45) is 1.41. The average Bonchev–Trinajstić information content (AvgIpc) is 3.26. The molecule has 0 spiro atoms. The molecule has 2 aromatic carbocycles. The van der Waals surface area contributed by atoms with Gasteiger partial charge in [-0.25, -0.2) is 13.1 Å². The molecule has 1 heterocycles. The maximum atomic E-state index is 12.7. The molecule has 168 valence electrons. The fourth-order valence-electron chi connectivity index (χ4n) is 2.86. The second kappa shape index (κ2) is 9.99. The third-order valence-corrected chi connectivity index (χ3v) is 6.25. The number of sulfonamides is 1. The quantitative estimate of drug-likeness (QED) is 0.458. The Bertz CT molecular complexity index is 1220. The van der Waals surface area contributed by atoms with Crippen LogP contribution >= 0.6 is 11.6 Å². The minimum absolute atomic E-state index is 0.0422. The summed E-state index contributed by atoms with van der Waals surface area (Å²) in [6.45, 7) is 3.54. The number of nitrogens with one attached hydrogen (secondary N) is 3. The largest absolute Gasteiger partial charge is 0.459 e. The highest BCUT2D eigenvalue weighted by Gasteiger charge is 2.19. The van der Waals surface area contributed by atoms with Gasteiger partial charge in [0.1, 0.15) is 0 Å². The van der Waals surface area contributed by atoms with Crippen LogP contribution in [0.15, 0.2) is 70.2 Å². The predicted molar refractivity (Wildman–Crippen MR) is 121 cm³/mol. The van der Waals surface area contributed by atoms with Crippen molar-refractivity contribution < 1.29 is 22.4 Å². The molecule has 8 nitrogen and oxygen atoms in total. The van der Waals surface area contributed by atoms with E-state index in [9.17, 15) is 18.0 Å². The topological polar surface area (TPSA) is 118 Å². The first kappa shape index (κ1) is 23.5. The maximum Gasteiger partial charge on any atom is 0.291 e. The van der Waals surface area contributed by atoms with Gasteiger partial charge in [-0.15, -0.1) is 0 Å². The molecule has 0 saturated carbocycles. The van der Waals surface area contributed by atoms with Crippen LogP contribution in [0.25, 0.3) is 0 Å². The summed E-state index contributed by atoms with van der Waals surface area (Å²) >= 11 is 6.13. The highest BCUT2D eigenvalue weighted by Crippen LogP contribution is 2.21. The Kier molecular flexibility index (Phi) is 7.34. The van der Waals surface area contributed by atoms with Gasteiger partial charge in [-0.3, -0.25) is 9.59 Å². The normalized spacial score (nSPS) is 11.4. The summed E-state index contributed by atoms with van der Waals surface area (Å²) < 4.78 is 32.3. The number of amides is 2. The van der Waals surface area contributed by atoms with E-state index < -0.39 is 21.8 Å². The number of anilines is 1. The van der Waals surface area contributed by atoms with Gasteiger partial charge >= 0.3 is 0 Å². The molecule has 0 saturated heterocycles. The number of halogens is 1. The number of benzene rings is 2. The lowest BCUT2D eigenvalue weighted by Crippen LogP contribution is -2.30. The van der Waals surface area contributed by atoms with Crippen LogP contribution in [0.1, 0.15) is 40.3 Å². The molecule has 32 heavy (non-hydrogen) atoms. The SMILES string of the molecule is CC(C)NS(=O)(=O)c1ccc(Cl)c(C(=O)NCc2cccc(NC(=O)c3ccco3)c2)c1. The molecule has 0 aliphatic carbocycles. The van der Waals surface area contributed by atoms with Crippen molar-refractivity contribution in [1.82, 2.24) is 10.0 Å². The van der Waals surface area contributed by atoms with Gasteiger partial charge in [0, 0.05) is 18.3 Å². The second-order valence-electron chi connectivity index (χ2n) is 7.23. The first-order valence-electron chi connectivity index (χ1n) is 9.69. The molecule has 3 N–H and O–H groups in total. The molecule has 10 heteroatoms. The second-order valence-corrected chi connectivity index (χ2v) is 9.35. The minimum Gasteiger partial charge on any atom is -0.459 e. The van der Waals surface area contributed by atoms with Crippen molar-refractivity contribution in [1.29, 1.82) is 0 Å². The van der Waals surface area contributed by atoms with Crippen molar-refractivity contribution in [3.8, 4) is 0 Å². The first-order chi connectivity index (χ1) is 15.2. The van der Waals surface area contributed by atoms with Crippen LogP contribution in [0.2, 0.25) is 5.02 Å². The third kappa shape index (κ3) is 5.97. The van der Waals surface area contributed by atoms with Gasteiger partial charge in [-0.1, -0.05) is 23.7 Å². The number of rotatable bonds is 8. The molecule has 3 rings (SSSR count). The van der Waals surface area contributed by atoms with Crippen LogP contribution in [-0.4, -0.2) is 26.3 Å². The van der Waals surface area contributed by atoms with Crippen molar-refractivity contribution in [3.63, 3.8) is 0 Å². The summed E-state index contributed by atoms with van der Waals surface area (Å²) in [5.41, 5.74) is 1.29. The molecular weight excluding hydrogens is 454 g/mol. The van der Waals surface area contributed by atoms with E-state index in [2.05, 4.69) is 15.4 Å². The Morgan fingerprint density at radius 3 is 2.50 bits per heavy atom. The summed E-state index contributed by atoms with van der Waals surface area (Å²) in [7, 11) is -3.77. The van der Waals surface area contributed by atoms with E-state index in [0.717, 1.165) is 5.56 Å². The number of carbonyl (C=O) groups is 2. The van der Waals surface area contributed by atoms with Gasteiger partial charge in [0.25, 0.3) is 11.8 Å². The zero-order valence-corrected chi connectivity index (χ0v) is 19.0. The molecule has 0 aliphatic rings. The summed E-state index contributed by atoms with van der Waals surface area (Å²) in [6, 6.07) is 13.7. The summed E-state index contributed by atoms with van der Waals surface area (Å²) in [5, 5.41) is 5.56. The highest BCUT2D eigenvalue weighted by atomic mass is 35.5. The lowest BCUT2D eigenvalue weighted by atomic mass is 10.1. The van der Waals surface area contributed by atoms with E-state index in [1.165, 1.54) is 24.5 Å². The smallest absolute Gasteiger partial charge is 0.291 e. The van der Waals surface area contributed by atoms with Gasteiger partial charge in [-0.2, -0.15) is 0 Å². The maximum absolute atomic E-state index is 12.7. The fourth-order valence-corrected chi connectivity index (χ4v) is 4.34. The third-order valence-electron chi connectivity index (χ3n) is 4.27. The molecule has 2 amide bonds. The fraction of sp³-hybridized carbons (Fsp3) is 0.182. The standard InChI is InChI=1S/C22H22ClN3O5S/c1-14(2)26-32(29,30)17-8-9-19(23)18(12-17)21(27)24-13-15-5-3-6-16(11-15)25-22(28)20-7-4-10-31-20/h3-12,14,26H,13H2,1-2H3,(H,24,27)(H,25,28). The number of carbonyl (C=O) groups excluding carboxylic acids is 2. The van der Waals surface area contributed by atoms with Crippen molar-refractivity contribution in [2.75, 3.05) is 5.32 Å². The highest BCUT2D eigenvalue weighted by molar-refractivity contribution is 7.89. The van der Waals surface area contributed by atoms with Crippen molar-refractivity contribution in [2.45, 2.75) is 31.3 Å². The lowest BCUT2D eigenvalue weighted by Gasteiger charge is -2.12. The molecule has 0 fully saturated rings. The van der Waals surface area contributed by atoms with Crippen molar-refractivity contribution in [3.05, 3.63) is 82.8 Å². The molecule has 0 radical (unpaired) electrons. The van der Waals surface area contributed by atoms with Crippen LogP contribution in [0.5, 0.6) is 0 Å². The first-order valence-corrected chi connectivity index (χ1v) is 11.6. The van der Waals surface area contributed by atoms with Crippen LogP contribution in [-0.2, 0) is 16.6 Å². The van der Waals surface area contributed by atoms with Gasteiger partial charge < -0.3 is 15.1 Å². The molecule has 1 aromatic heterocycles. The van der Waals surface area contributed by atoms with E-state index >= 15 is 0 Å². The Balaban J connectivity index is 1.69. The zero-order valence-electron chi connectivity index (χ0n) is 17.4. The Morgan fingerprint density at radius 2 is 1.81 bits per heavy atom. The number of hydrogen-bond acceptors (Lipinski definition) is 5. The molecule has 3 aromatic rings. The monoisotopic (exact) mass is 475 g/mol. The number of hydrogen-bond donors (Lipinski definition) is 3. The lowest BCUT2D eigenvalue weighted by molar-refractivity contribution is 0.0949. The van der Waals surface area contributed by atoms with E-state index in [0.29, 0.717) is 5.69 Å². The van der Waals surface area contributed by atoms with Crippen molar-refractivity contribution in [2.24, 2.45) is 0 Å². The average molecular weight is 476 g/mol. The van der Waals surface area contributed by atoms with E-state index in [-0.39, 0.29) is 33.8 Å². The van der Waals surface area contributed by atoms with Crippen LogP contribution in [0.3, 0.4) is 0 Å². The molecule has 0 aliphatic heterocycles. The molecule has 0 bridgehead atoms. The van der Waals surface area contributed by atoms with Crippen LogP contribution < -0.4 is 15.4 Å². The van der Waals surface area contributed by atoms with E-state index in [4.69, 9.17) is 16.0 Å². The summed E-state index contributed by atoms with van der Waals surface area (Å²) in [4.78, 5) is 24.7. The van der Waals surface area contributed by atoms with E-state index in [1.807, 2.05) is 0 Å². The van der Waals surface area contributed by atoms with Gasteiger partial charge in [0.15, 0.2) is 5.76 Å². The molecule has 0 unspecified atom stereocenters. The molecular formula is C22H22ClN3O5S. The Hall–Kier alpha value is -3.14. The molecule has 0 atom stereocenters. The summed E-state index contributed by atoms with van der Waals surface area (Å²) in [5.74, 6) is -0.738. The van der Waals surface area contributed by atoms with Gasteiger partial charge in [0.05, 0.1) is 21.7 Å². The van der Waals surface area contributed by atoms with Crippen LogP contribution in [0.4, 0.5) is 5.69 Å².